The predicted octanol–water partition coefficient (Wildman–Crippen LogP) is -0.279. The largest absolute Gasteiger partial charge is 0.382 e. The van der Waals surface area contributed by atoms with Gasteiger partial charge < -0.3 is 29.0 Å². The van der Waals surface area contributed by atoms with E-state index in [-0.39, 0.29) is 13.2 Å². The molecule has 0 aromatic carbocycles. The van der Waals surface area contributed by atoms with Crippen molar-refractivity contribution in [3.05, 3.63) is 0 Å². The average molecular weight is 278 g/mol. The highest BCUT2D eigenvalue weighted by Gasteiger charge is 2.42. The van der Waals surface area contributed by atoms with Crippen LogP contribution in [-0.4, -0.2) is 51.9 Å². The van der Waals surface area contributed by atoms with Gasteiger partial charge in [0.15, 0.2) is 5.40 Å². The summed E-state index contributed by atoms with van der Waals surface area (Å²) < 4.78 is 31.2. The Morgan fingerprint density at radius 1 is 1.00 bits per heavy atom. The summed E-state index contributed by atoms with van der Waals surface area (Å²) in [6.45, 7) is 0.353. The van der Waals surface area contributed by atoms with E-state index in [1.54, 1.807) is 0 Å². The van der Waals surface area contributed by atoms with Gasteiger partial charge in [0.2, 0.25) is 0 Å². The molecule has 10 heteroatoms. The van der Waals surface area contributed by atoms with Gasteiger partial charge in [-0.25, -0.2) is 0 Å². The summed E-state index contributed by atoms with van der Waals surface area (Å²) in [7, 11) is -8.20. The van der Waals surface area contributed by atoms with Crippen LogP contribution in [0.2, 0.25) is 0 Å². The van der Waals surface area contributed by atoms with Gasteiger partial charge in [0, 0.05) is 13.7 Å². The molecule has 16 heavy (non-hydrogen) atoms. The van der Waals surface area contributed by atoms with Crippen molar-refractivity contribution >= 4 is 15.2 Å². The van der Waals surface area contributed by atoms with Crippen LogP contribution in [0.5, 0.6) is 0 Å². The lowest BCUT2D eigenvalue weighted by Gasteiger charge is -2.19. The molecule has 0 amide bonds. The third-order valence-electron chi connectivity index (χ3n) is 1.73. The summed E-state index contributed by atoms with van der Waals surface area (Å²) in [5, 5.41) is -2.00. The van der Waals surface area contributed by atoms with Crippen molar-refractivity contribution in [2.75, 3.05) is 26.9 Å². The van der Waals surface area contributed by atoms with Crippen molar-refractivity contribution < 1.29 is 38.2 Å². The first-order chi connectivity index (χ1) is 7.19. The van der Waals surface area contributed by atoms with Gasteiger partial charge in [-0.2, -0.15) is 0 Å². The molecule has 0 saturated carbocycles. The van der Waals surface area contributed by atoms with Crippen LogP contribution in [-0.2, 0) is 18.6 Å². The Morgan fingerprint density at radius 3 is 1.88 bits per heavy atom. The minimum Gasteiger partial charge on any atom is -0.382 e. The minimum absolute atomic E-state index is 0.149. The van der Waals surface area contributed by atoms with Crippen molar-refractivity contribution in [3.8, 4) is 0 Å². The van der Waals surface area contributed by atoms with Gasteiger partial charge in [-0.05, 0) is 6.42 Å². The highest BCUT2D eigenvalue weighted by molar-refractivity contribution is 7.70. The van der Waals surface area contributed by atoms with Crippen LogP contribution in [0.25, 0.3) is 0 Å². The molecule has 0 spiro atoms. The van der Waals surface area contributed by atoms with Crippen molar-refractivity contribution in [1.29, 1.82) is 0 Å². The van der Waals surface area contributed by atoms with Gasteiger partial charge in [-0.1, -0.05) is 0 Å². The molecule has 0 aromatic rings. The molecule has 0 aromatic heterocycles. The minimum atomic E-state index is -4.83. The highest BCUT2D eigenvalue weighted by Crippen LogP contribution is 2.61. The number of rotatable bonds is 8. The third-order valence-corrected chi connectivity index (χ3v) is 5.60. The van der Waals surface area contributed by atoms with E-state index < -0.39 is 27.0 Å². The van der Waals surface area contributed by atoms with Crippen LogP contribution < -0.4 is 0 Å². The maximum absolute atomic E-state index is 10.8. The van der Waals surface area contributed by atoms with Crippen LogP contribution in [0.1, 0.15) is 6.42 Å². The summed E-state index contributed by atoms with van der Waals surface area (Å²) in [4.78, 5) is 35.0. The summed E-state index contributed by atoms with van der Waals surface area (Å²) in [5.41, 5.74) is 0. The Hall–Kier alpha value is 0.220. The number of hydrogen-bond acceptors (Lipinski definition) is 4. The van der Waals surface area contributed by atoms with E-state index in [1.807, 2.05) is 0 Å². The molecule has 0 bridgehead atoms. The maximum Gasteiger partial charge on any atom is 0.340 e. The highest BCUT2D eigenvalue weighted by atomic mass is 31.2. The maximum atomic E-state index is 10.8. The zero-order chi connectivity index (χ0) is 12.8. The van der Waals surface area contributed by atoms with Crippen molar-refractivity contribution in [1.82, 2.24) is 0 Å². The molecule has 0 heterocycles. The van der Waals surface area contributed by atoms with E-state index in [0.29, 0.717) is 6.61 Å². The zero-order valence-corrected chi connectivity index (χ0v) is 10.5. The lowest BCUT2D eigenvalue weighted by atomic mass is 10.5. The summed E-state index contributed by atoms with van der Waals surface area (Å²) in [5.74, 6) is 0. The first-order valence-electron chi connectivity index (χ1n) is 4.36. The van der Waals surface area contributed by atoms with E-state index in [1.165, 1.54) is 7.11 Å². The number of hydrogen-bond donors (Lipinski definition) is 4. The van der Waals surface area contributed by atoms with Crippen molar-refractivity contribution in [3.63, 3.8) is 0 Å². The van der Waals surface area contributed by atoms with E-state index in [9.17, 15) is 9.13 Å². The first-order valence-corrected chi connectivity index (χ1v) is 7.73. The Morgan fingerprint density at radius 2 is 1.50 bits per heavy atom. The predicted molar refractivity (Wildman–Crippen MR) is 55.2 cm³/mol. The van der Waals surface area contributed by atoms with E-state index in [4.69, 9.17) is 24.3 Å². The van der Waals surface area contributed by atoms with E-state index in [2.05, 4.69) is 4.74 Å². The standard InChI is InChI=1S/C6H16O8P2/c1-13-4-5-14-3-2-6(15(7,8)9)16(10,11)12/h6H,2-5H2,1H3,(H2,7,8,9)(H2,10,11,12). The molecule has 0 aliphatic carbocycles. The quantitative estimate of drug-likeness (QED) is 0.352. The second kappa shape index (κ2) is 6.83. The van der Waals surface area contributed by atoms with Crippen LogP contribution in [0, 0.1) is 0 Å². The normalized spacial score (nSPS) is 13.4. The lowest BCUT2D eigenvalue weighted by Crippen LogP contribution is -2.13. The fraction of sp³-hybridized carbons (Fsp3) is 1.00. The molecule has 0 radical (unpaired) electrons. The second-order valence-electron chi connectivity index (χ2n) is 3.05. The molecule has 0 aliphatic rings. The Labute approximate surface area is 92.9 Å². The van der Waals surface area contributed by atoms with Gasteiger partial charge in [-0.15, -0.1) is 0 Å². The SMILES string of the molecule is COCCOCCC(P(=O)(O)O)P(=O)(O)O. The topological polar surface area (TPSA) is 134 Å². The Balaban J connectivity index is 4.17. The summed E-state index contributed by atoms with van der Waals surface area (Å²) >= 11 is 0. The average Bonchev–Trinajstić information content (AvgIpc) is 2.06. The first kappa shape index (κ1) is 16.2. The fourth-order valence-corrected chi connectivity index (χ4v) is 3.42. The molecule has 0 unspecified atom stereocenters. The molecule has 8 nitrogen and oxygen atoms in total. The molecule has 0 aliphatic heterocycles. The Kier molecular flexibility index (Phi) is 6.93. The van der Waals surface area contributed by atoms with Crippen LogP contribution >= 0.6 is 15.2 Å². The third kappa shape index (κ3) is 6.73. The smallest absolute Gasteiger partial charge is 0.340 e. The van der Waals surface area contributed by atoms with Gasteiger partial charge in [-0.3, -0.25) is 9.13 Å². The molecule has 0 fully saturated rings. The van der Waals surface area contributed by atoms with Gasteiger partial charge in [0.05, 0.1) is 13.2 Å². The fourth-order valence-electron chi connectivity index (χ4n) is 0.965. The van der Waals surface area contributed by atoms with E-state index >= 15 is 0 Å². The van der Waals surface area contributed by atoms with Crippen LogP contribution in [0.3, 0.4) is 0 Å². The molecular formula is C6H16O8P2. The van der Waals surface area contributed by atoms with Crippen LogP contribution in [0.4, 0.5) is 0 Å². The van der Waals surface area contributed by atoms with Gasteiger partial charge in [0.25, 0.3) is 0 Å². The van der Waals surface area contributed by atoms with Gasteiger partial charge >= 0.3 is 15.2 Å². The molecular weight excluding hydrogens is 262 g/mol. The summed E-state index contributed by atoms with van der Waals surface area (Å²) in [6, 6.07) is 0. The zero-order valence-electron chi connectivity index (χ0n) is 8.72. The van der Waals surface area contributed by atoms with Crippen molar-refractivity contribution in [2.45, 2.75) is 11.8 Å². The molecule has 0 saturated heterocycles. The van der Waals surface area contributed by atoms with Crippen molar-refractivity contribution in [2.24, 2.45) is 0 Å². The molecule has 4 N–H and O–H groups in total. The number of ether oxygens (including phenoxy) is 2. The Bertz CT molecular complexity index is 258. The molecule has 0 atom stereocenters. The summed E-state index contributed by atoms with van der Waals surface area (Å²) in [6.07, 6.45) is -0.404. The van der Waals surface area contributed by atoms with Gasteiger partial charge in [0.1, 0.15) is 0 Å². The van der Waals surface area contributed by atoms with E-state index in [0.717, 1.165) is 0 Å². The monoisotopic (exact) mass is 278 g/mol. The lowest BCUT2D eigenvalue weighted by molar-refractivity contribution is 0.0695. The molecule has 98 valence electrons. The van der Waals surface area contributed by atoms with Crippen LogP contribution in [0.15, 0.2) is 0 Å². The molecule has 0 rings (SSSR count). The second-order valence-corrected chi connectivity index (χ2v) is 7.06. The number of methoxy groups -OCH3 is 1.